The number of aryl methyl sites for hydroxylation is 1. The van der Waals surface area contributed by atoms with E-state index in [4.69, 9.17) is 4.74 Å². The topological polar surface area (TPSA) is 164 Å². The van der Waals surface area contributed by atoms with Crippen LogP contribution >= 0.6 is 0 Å². The van der Waals surface area contributed by atoms with Gasteiger partial charge in [-0.1, -0.05) is 54.6 Å². The summed E-state index contributed by atoms with van der Waals surface area (Å²) in [7, 11) is -3.00. The molecule has 4 aromatic rings. The molecule has 2 saturated heterocycles. The Balaban J connectivity index is 1.20. The van der Waals surface area contributed by atoms with Gasteiger partial charge in [-0.05, 0) is 48.8 Å². The van der Waals surface area contributed by atoms with E-state index in [2.05, 4.69) is 10.3 Å². The number of benzene rings is 3. The monoisotopic (exact) mass is 696 g/mol. The number of aliphatic hydroxyl groups excluding tert-OH is 1. The van der Waals surface area contributed by atoms with Gasteiger partial charge in [-0.3, -0.25) is 24.4 Å². The van der Waals surface area contributed by atoms with Crippen LogP contribution in [0, 0.1) is 16.0 Å². The second kappa shape index (κ2) is 12.8. The Morgan fingerprint density at radius 2 is 1.88 bits per heavy atom. The van der Waals surface area contributed by atoms with Gasteiger partial charge in [-0.15, -0.1) is 5.10 Å². The standard InChI is InChI=1S/C36H40N6O7Si/c1-23-34(50(2,3)48)32(14-16-39-21-30(37-38-39)28(22-43)25-9-5-4-6-10-25)49-36(23)29-19-27(42(46)47)12-13-31(29)41(35(36)45)20-24-8-7-11-26(18-24)40-17-15-33(40)44/h4-13,18-19,21,23,28,32,34,43,48H,14-17,20,22H2,1-3H3/t23-,28?,32+,34-,36+/m0/s1. The van der Waals surface area contributed by atoms with Gasteiger partial charge in [0.2, 0.25) is 5.91 Å². The number of hydrogen-bond donors (Lipinski definition) is 2. The van der Waals surface area contributed by atoms with Crippen molar-refractivity contribution < 1.29 is 29.2 Å². The lowest BCUT2D eigenvalue weighted by molar-refractivity contribution is -0.385. The SMILES string of the molecule is C[C@H]1[C@H]([Si](C)(C)O)[C@@H](CCn2cc(C(CO)c3ccccc3)nn2)O[C@]12C(=O)N(Cc1cccc(N3CCC3=O)c1)c1ccc([N+](=O)[O-])cc12. The third-order valence-corrected chi connectivity index (χ3v) is 13.0. The minimum atomic E-state index is -3.00. The molecule has 0 aliphatic carbocycles. The van der Waals surface area contributed by atoms with Gasteiger partial charge in [-0.25, -0.2) is 0 Å². The van der Waals surface area contributed by atoms with E-state index >= 15 is 0 Å². The molecule has 0 radical (unpaired) electrons. The fraction of sp³-hybridized carbons (Fsp3) is 0.389. The average molecular weight is 697 g/mol. The van der Waals surface area contributed by atoms with Gasteiger partial charge >= 0.3 is 0 Å². The number of ether oxygens (including phenoxy) is 1. The molecule has 1 unspecified atom stereocenters. The molecular weight excluding hydrogens is 657 g/mol. The molecule has 13 nitrogen and oxygen atoms in total. The molecule has 0 saturated carbocycles. The van der Waals surface area contributed by atoms with Crippen molar-refractivity contribution in [2.45, 2.75) is 69.1 Å². The van der Waals surface area contributed by atoms with Crippen LogP contribution in [0.1, 0.15) is 48.1 Å². The van der Waals surface area contributed by atoms with Crippen LogP contribution in [-0.2, 0) is 33.0 Å². The first-order chi connectivity index (χ1) is 23.9. The number of carbonyl (C=O) groups is 2. The summed E-state index contributed by atoms with van der Waals surface area (Å²) in [6.07, 6.45) is 2.13. The molecule has 14 heteroatoms. The van der Waals surface area contributed by atoms with E-state index in [9.17, 15) is 29.6 Å². The third kappa shape index (κ3) is 5.71. The maximum absolute atomic E-state index is 14.8. The first-order valence-electron chi connectivity index (χ1n) is 16.9. The molecule has 3 aliphatic heterocycles. The lowest BCUT2D eigenvalue weighted by atomic mass is 9.82. The zero-order valence-electron chi connectivity index (χ0n) is 28.2. The molecule has 2 fully saturated rings. The molecule has 7 rings (SSSR count). The molecule has 260 valence electrons. The number of non-ortho nitro benzene ring substituents is 1. The van der Waals surface area contributed by atoms with Crippen LogP contribution in [0.4, 0.5) is 17.1 Å². The summed E-state index contributed by atoms with van der Waals surface area (Å²) in [6, 6.07) is 21.5. The summed E-state index contributed by atoms with van der Waals surface area (Å²) >= 11 is 0. The van der Waals surface area contributed by atoms with Gasteiger partial charge in [0.15, 0.2) is 13.9 Å². The van der Waals surface area contributed by atoms with Crippen molar-refractivity contribution in [3.63, 3.8) is 0 Å². The second-order valence-electron chi connectivity index (χ2n) is 14.0. The van der Waals surface area contributed by atoms with Gasteiger partial charge in [0, 0.05) is 60.5 Å². The van der Waals surface area contributed by atoms with E-state index in [1.165, 1.54) is 12.1 Å². The van der Waals surface area contributed by atoms with Crippen LogP contribution < -0.4 is 9.80 Å². The average Bonchev–Trinajstić information content (AvgIpc) is 3.74. The summed E-state index contributed by atoms with van der Waals surface area (Å²) in [5.41, 5.74) is 1.93. The Labute approximate surface area is 290 Å². The number of amides is 2. The lowest BCUT2D eigenvalue weighted by Gasteiger charge is -2.32. The van der Waals surface area contributed by atoms with Gasteiger partial charge in [-0.2, -0.15) is 0 Å². The van der Waals surface area contributed by atoms with Crippen LogP contribution in [0.5, 0.6) is 0 Å². The van der Waals surface area contributed by atoms with Crippen LogP contribution in [-0.4, -0.2) is 69.2 Å². The molecule has 4 heterocycles. The van der Waals surface area contributed by atoms with Crippen LogP contribution in [0.2, 0.25) is 18.6 Å². The number of anilines is 2. The highest BCUT2D eigenvalue weighted by Crippen LogP contribution is 2.60. The molecule has 1 spiro atoms. The van der Waals surface area contributed by atoms with Crippen LogP contribution in [0.25, 0.3) is 0 Å². The van der Waals surface area contributed by atoms with Gasteiger partial charge < -0.3 is 24.4 Å². The van der Waals surface area contributed by atoms with Crippen molar-refractivity contribution >= 4 is 37.2 Å². The number of hydrogen-bond acceptors (Lipinski definition) is 9. The van der Waals surface area contributed by atoms with Gasteiger partial charge in [0.1, 0.15) is 0 Å². The zero-order chi connectivity index (χ0) is 35.4. The minimum absolute atomic E-state index is 0.0450. The van der Waals surface area contributed by atoms with Crippen LogP contribution in [0.3, 0.4) is 0 Å². The number of nitro benzene ring substituents is 1. The van der Waals surface area contributed by atoms with E-state index in [1.54, 1.807) is 26.7 Å². The number of nitro groups is 1. The Kier molecular flexibility index (Phi) is 8.66. The summed E-state index contributed by atoms with van der Waals surface area (Å²) in [5, 5.41) is 30.8. The summed E-state index contributed by atoms with van der Waals surface area (Å²) in [6.45, 7) is 6.60. The first kappa shape index (κ1) is 33.7. The number of aromatic nitrogens is 3. The summed E-state index contributed by atoms with van der Waals surface area (Å²) in [5.74, 6) is -1.14. The molecule has 3 aromatic carbocycles. The Hall–Kier alpha value is -4.76. The number of carbonyl (C=O) groups excluding carboxylic acids is 2. The quantitative estimate of drug-likeness (QED) is 0.0996. The van der Waals surface area contributed by atoms with Crippen LogP contribution in [0.15, 0.2) is 79.0 Å². The largest absolute Gasteiger partial charge is 0.432 e. The molecule has 2 N–H and O–H groups in total. The first-order valence-corrected chi connectivity index (χ1v) is 19.9. The number of aliphatic hydroxyl groups is 1. The molecule has 50 heavy (non-hydrogen) atoms. The molecule has 2 amide bonds. The second-order valence-corrected chi connectivity index (χ2v) is 18.0. The predicted molar refractivity (Wildman–Crippen MR) is 187 cm³/mol. The smallest absolute Gasteiger partial charge is 0.269 e. The van der Waals surface area contributed by atoms with E-state index in [0.717, 1.165) is 16.8 Å². The lowest BCUT2D eigenvalue weighted by Crippen LogP contribution is -2.46. The third-order valence-electron chi connectivity index (χ3n) is 10.5. The molecule has 0 bridgehead atoms. The molecular formula is C36H40N6O7Si. The molecule has 5 atom stereocenters. The molecule has 1 aromatic heterocycles. The number of nitrogens with zero attached hydrogens (tertiary/aromatic N) is 6. The zero-order valence-corrected chi connectivity index (χ0v) is 29.2. The van der Waals surface area contributed by atoms with Crippen molar-refractivity contribution in [2.75, 3.05) is 23.0 Å². The predicted octanol–water partition coefficient (Wildman–Crippen LogP) is 4.48. The van der Waals surface area contributed by atoms with E-state index in [-0.39, 0.29) is 36.6 Å². The highest BCUT2D eigenvalue weighted by Gasteiger charge is 2.66. The highest BCUT2D eigenvalue weighted by molar-refractivity contribution is 6.71. The Morgan fingerprint density at radius 1 is 1.10 bits per heavy atom. The fourth-order valence-electron chi connectivity index (χ4n) is 8.10. The maximum Gasteiger partial charge on any atom is 0.269 e. The minimum Gasteiger partial charge on any atom is -0.432 e. The number of fused-ring (bicyclic) bond motifs is 2. The van der Waals surface area contributed by atoms with Gasteiger partial charge in [0.05, 0.1) is 41.5 Å². The van der Waals surface area contributed by atoms with Crippen molar-refractivity contribution in [3.05, 3.63) is 111 Å². The fourth-order valence-corrected chi connectivity index (χ4v) is 10.7. The number of β-lactam (4-membered cyclic amide) rings is 1. The van der Waals surface area contributed by atoms with E-state index in [0.29, 0.717) is 42.9 Å². The molecule has 3 aliphatic rings. The highest BCUT2D eigenvalue weighted by atomic mass is 28.4. The Bertz CT molecular complexity index is 1950. The van der Waals surface area contributed by atoms with E-state index in [1.807, 2.05) is 74.6 Å². The normalized spacial score (nSPS) is 23.7. The van der Waals surface area contributed by atoms with Crippen molar-refractivity contribution in [1.29, 1.82) is 0 Å². The number of rotatable bonds is 11. The van der Waals surface area contributed by atoms with Gasteiger partial charge in [0.25, 0.3) is 11.6 Å². The Morgan fingerprint density at radius 3 is 2.54 bits per heavy atom. The van der Waals surface area contributed by atoms with Crippen molar-refractivity contribution in [3.8, 4) is 0 Å². The van der Waals surface area contributed by atoms with E-state index < -0.39 is 36.4 Å². The van der Waals surface area contributed by atoms with Crippen molar-refractivity contribution in [2.24, 2.45) is 5.92 Å². The summed E-state index contributed by atoms with van der Waals surface area (Å²) < 4.78 is 8.56. The maximum atomic E-state index is 14.8. The summed E-state index contributed by atoms with van der Waals surface area (Å²) in [4.78, 5) is 53.4. The van der Waals surface area contributed by atoms with Crippen molar-refractivity contribution in [1.82, 2.24) is 15.0 Å².